The van der Waals surface area contributed by atoms with Gasteiger partial charge >= 0.3 is 5.97 Å². The number of carbonyl (C=O) groups excluding carboxylic acids is 1. The molecule has 2 heterocycles. The summed E-state index contributed by atoms with van der Waals surface area (Å²) in [5.41, 5.74) is 0.464. The van der Waals surface area contributed by atoms with E-state index in [2.05, 4.69) is 20.9 Å². The van der Waals surface area contributed by atoms with Crippen LogP contribution in [0.4, 0.5) is 0 Å². The van der Waals surface area contributed by atoms with Gasteiger partial charge < -0.3 is 10.0 Å². The Labute approximate surface area is 100 Å². The number of aromatic nitrogens is 1. The minimum atomic E-state index is -0.852. The highest BCUT2D eigenvalue weighted by molar-refractivity contribution is 9.10. The van der Waals surface area contributed by atoms with E-state index in [1.165, 1.54) is 4.90 Å². The Hall–Kier alpha value is -1.43. The van der Waals surface area contributed by atoms with E-state index < -0.39 is 11.9 Å². The average Bonchev–Trinajstić information content (AvgIpc) is 2.15. The fourth-order valence-corrected chi connectivity index (χ4v) is 1.94. The van der Waals surface area contributed by atoms with Gasteiger partial charge in [-0.25, -0.2) is 4.98 Å². The molecule has 1 aromatic rings. The molecule has 1 aliphatic rings. The second-order valence-electron chi connectivity index (χ2n) is 3.59. The topological polar surface area (TPSA) is 70.5 Å². The number of amides is 1. The minimum Gasteiger partial charge on any atom is -0.481 e. The number of aliphatic carboxylic acids is 1. The second-order valence-corrected chi connectivity index (χ2v) is 4.34. The number of halogens is 1. The van der Waals surface area contributed by atoms with Crippen molar-refractivity contribution in [2.45, 2.75) is 0 Å². The average molecular weight is 285 g/mol. The first-order valence-electron chi connectivity index (χ1n) is 4.72. The fraction of sp³-hybridized carbons (Fsp3) is 0.300. The Kier molecular flexibility index (Phi) is 2.91. The van der Waals surface area contributed by atoms with Crippen LogP contribution < -0.4 is 0 Å². The monoisotopic (exact) mass is 284 g/mol. The van der Waals surface area contributed by atoms with E-state index in [4.69, 9.17) is 5.11 Å². The number of hydrogen-bond donors (Lipinski definition) is 1. The Balaban J connectivity index is 2.06. The highest BCUT2D eigenvalue weighted by Crippen LogP contribution is 2.21. The normalized spacial score (nSPS) is 15.7. The van der Waals surface area contributed by atoms with Gasteiger partial charge in [-0.05, 0) is 28.1 Å². The molecule has 0 atom stereocenters. The van der Waals surface area contributed by atoms with E-state index in [0.29, 0.717) is 10.2 Å². The number of rotatable bonds is 2. The molecule has 0 aromatic carbocycles. The molecule has 5 nitrogen and oxygen atoms in total. The molecule has 0 unspecified atom stereocenters. The Morgan fingerprint density at radius 3 is 2.75 bits per heavy atom. The van der Waals surface area contributed by atoms with Crippen molar-refractivity contribution in [2.75, 3.05) is 13.1 Å². The lowest BCUT2D eigenvalue weighted by molar-refractivity contribution is -0.146. The van der Waals surface area contributed by atoms with Crippen LogP contribution in [0.15, 0.2) is 22.9 Å². The molecular formula is C10H9BrN2O3. The molecule has 6 heteroatoms. The predicted octanol–water partition coefficient (Wildman–Crippen LogP) is 1.00. The van der Waals surface area contributed by atoms with Crippen molar-refractivity contribution in [3.63, 3.8) is 0 Å². The molecule has 2 rings (SSSR count). The van der Waals surface area contributed by atoms with Crippen LogP contribution in [0.5, 0.6) is 0 Å². The molecule has 1 saturated heterocycles. The summed E-state index contributed by atoms with van der Waals surface area (Å²) in [7, 11) is 0. The van der Waals surface area contributed by atoms with Crippen molar-refractivity contribution in [1.82, 2.24) is 9.88 Å². The summed E-state index contributed by atoms with van der Waals surface area (Å²) < 4.78 is 0.485. The summed E-state index contributed by atoms with van der Waals surface area (Å²) in [6.07, 6.45) is 1.58. The van der Waals surface area contributed by atoms with E-state index in [1.807, 2.05) is 0 Å². The third-order valence-corrected chi connectivity index (χ3v) is 3.14. The lowest BCUT2D eigenvalue weighted by atomic mass is 9.99. The van der Waals surface area contributed by atoms with Crippen LogP contribution in [-0.4, -0.2) is 40.0 Å². The number of pyridine rings is 1. The van der Waals surface area contributed by atoms with Crippen LogP contribution in [0.2, 0.25) is 0 Å². The SMILES string of the molecule is O=C(O)C1CN(C(=O)c2cccnc2Br)C1. The second kappa shape index (κ2) is 4.21. The molecule has 1 aromatic heterocycles. The predicted molar refractivity (Wildman–Crippen MR) is 59.0 cm³/mol. The van der Waals surface area contributed by atoms with Crippen LogP contribution >= 0.6 is 15.9 Å². The van der Waals surface area contributed by atoms with E-state index >= 15 is 0 Å². The molecule has 1 amide bonds. The highest BCUT2D eigenvalue weighted by atomic mass is 79.9. The first-order valence-corrected chi connectivity index (χ1v) is 5.51. The van der Waals surface area contributed by atoms with Gasteiger partial charge in [0, 0.05) is 19.3 Å². The number of likely N-dealkylation sites (tertiary alicyclic amines) is 1. The van der Waals surface area contributed by atoms with Gasteiger partial charge in [0.05, 0.1) is 11.5 Å². The maximum atomic E-state index is 11.9. The van der Waals surface area contributed by atoms with Crippen LogP contribution in [0, 0.1) is 5.92 Å². The lowest BCUT2D eigenvalue weighted by Crippen LogP contribution is -2.53. The minimum absolute atomic E-state index is 0.183. The van der Waals surface area contributed by atoms with Crippen LogP contribution in [0.1, 0.15) is 10.4 Å². The third kappa shape index (κ3) is 1.92. The first kappa shape index (κ1) is 11.1. The molecule has 1 N–H and O–H groups in total. The van der Waals surface area contributed by atoms with Crippen molar-refractivity contribution in [3.05, 3.63) is 28.5 Å². The highest BCUT2D eigenvalue weighted by Gasteiger charge is 2.36. The number of nitrogens with zero attached hydrogens (tertiary/aromatic N) is 2. The third-order valence-electron chi connectivity index (χ3n) is 2.51. The fourth-order valence-electron chi connectivity index (χ4n) is 1.52. The first-order chi connectivity index (χ1) is 7.59. The van der Waals surface area contributed by atoms with Gasteiger partial charge in [-0.1, -0.05) is 0 Å². The number of carbonyl (C=O) groups is 2. The molecule has 1 fully saturated rings. The summed E-state index contributed by atoms with van der Waals surface area (Å²) >= 11 is 3.19. The molecule has 0 spiro atoms. The molecule has 16 heavy (non-hydrogen) atoms. The maximum Gasteiger partial charge on any atom is 0.310 e. The Bertz CT molecular complexity index is 443. The molecule has 84 valence electrons. The van der Waals surface area contributed by atoms with E-state index in [1.54, 1.807) is 18.3 Å². The van der Waals surface area contributed by atoms with Gasteiger partial charge in [0.15, 0.2) is 0 Å². The smallest absolute Gasteiger partial charge is 0.310 e. The summed E-state index contributed by atoms with van der Waals surface area (Å²) in [5.74, 6) is -1.47. The summed E-state index contributed by atoms with van der Waals surface area (Å²) in [5, 5.41) is 8.70. The van der Waals surface area contributed by atoms with Gasteiger partial charge in [-0.2, -0.15) is 0 Å². The van der Waals surface area contributed by atoms with Crippen molar-refractivity contribution in [2.24, 2.45) is 5.92 Å². The van der Waals surface area contributed by atoms with Crippen LogP contribution in [-0.2, 0) is 4.79 Å². The molecule has 1 aliphatic heterocycles. The Morgan fingerprint density at radius 1 is 1.50 bits per heavy atom. The standard InChI is InChI=1S/C10H9BrN2O3/c11-8-7(2-1-3-12-8)9(14)13-4-6(5-13)10(15)16/h1-3,6H,4-5H2,(H,15,16). The summed E-state index contributed by atoms with van der Waals surface area (Å²) in [6.45, 7) is 0.547. The number of carboxylic acid groups (broad SMARTS) is 1. The van der Waals surface area contributed by atoms with Crippen LogP contribution in [0.3, 0.4) is 0 Å². The molecule has 0 radical (unpaired) electrons. The van der Waals surface area contributed by atoms with Gasteiger partial charge in [0.2, 0.25) is 0 Å². The number of hydrogen-bond acceptors (Lipinski definition) is 3. The van der Waals surface area contributed by atoms with Gasteiger partial charge in [0.25, 0.3) is 5.91 Å². The molecule has 0 saturated carbocycles. The van der Waals surface area contributed by atoms with E-state index in [9.17, 15) is 9.59 Å². The zero-order valence-corrected chi connectivity index (χ0v) is 9.85. The largest absolute Gasteiger partial charge is 0.481 e. The lowest BCUT2D eigenvalue weighted by Gasteiger charge is -2.36. The summed E-state index contributed by atoms with van der Waals surface area (Å²) in [4.78, 5) is 27.9. The maximum absolute atomic E-state index is 11.9. The molecular weight excluding hydrogens is 276 g/mol. The zero-order valence-electron chi connectivity index (χ0n) is 8.26. The molecule has 0 aliphatic carbocycles. The van der Waals surface area contributed by atoms with Crippen molar-refractivity contribution in [1.29, 1.82) is 0 Å². The van der Waals surface area contributed by atoms with Crippen LogP contribution in [0.25, 0.3) is 0 Å². The van der Waals surface area contributed by atoms with Gasteiger partial charge in [0.1, 0.15) is 4.60 Å². The van der Waals surface area contributed by atoms with Crippen molar-refractivity contribution >= 4 is 27.8 Å². The van der Waals surface area contributed by atoms with Gasteiger partial charge in [-0.15, -0.1) is 0 Å². The van der Waals surface area contributed by atoms with Crippen molar-refractivity contribution < 1.29 is 14.7 Å². The summed E-state index contributed by atoms with van der Waals surface area (Å²) in [6, 6.07) is 3.33. The van der Waals surface area contributed by atoms with E-state index in [-0.39, 0.29) is 19.0 Å². The van der Waals surface area contributed by atoms with Gasteiger partial charge in [-0.3, -0.25) is 9.59 Å². The van der Waals surface area contributed by atoms with E-state index in [0.717, 1.165) is 0 Å². The Morgan fingerprint density at radius 2 is 2.19 bits per heavy atom. The quantitative estimate of drug-likeness (QED) is 0.823. The molecule has 0 bridgehead atoms. The zero-order chi connectivity index (χ0) is 11.7. The van der Waals surface area contributed by atoms with Crippen molar-refractivity contribution in [3.8, 4) is 0 Å². The number of carboxylic acids is 1.